The van der Waals surface area contributed by atoms with Gasteiger partial charge in [0.1, 0.15) is 11.6 Å². The Morgan fingerprint density at radius 1 is 0.949 bits per heavy atom. The summed E-state index contributed by atoms with van der Waals surface area (Å²) >= 11 is 0. The van der Waals surface area contributed by atoms with Gasteiger partial charge in [0.05, 0.1) is 22.4 Å². The topological polar surface area (TPSA) is 116 Å². The maximum absolute atomic E-state index is 13.4. The van der Waals surface area contributed by atoms with Crippen LogP contribution in [0.4, 0.5) is 5.69 Å². The molecular weight excluding hydrogens is 500 g/mol. The van der Waals surface area contributed by atoms with E-state index in [0.29, 0.717) is 29.9 Å². The molecule has 4 amide bonds. The van der Waals surface area contributed by atoms with Gasteiger partial charge in [0.15, 0.2) is 0 Å². The average molecular weight is 533 g/mol. The molecular formula is C29H32N4O6. The molecule has 0 radical (unpaired) electrons. The second-order valence-electron chi connectivity index (χ2n) is 11.1. The number of amides is 4. The maximum atomic E-state index is 13.4. The Labute approximate surface area is 226 Å². The second-order valence-corrected chi connectivity index (χ2v) is 11.1. The lowest BCUT2D eigenvalue weighted by Gasteiger charge is -2.36. The van der Waals surface area contributed by atoms with E-state index in [0.717, 1.165) is 30.1 Å². The quantitative estimate of drug-likeness (QED) is 0.461. The predicted molar refractivity (Wildman–Crippen MR) is 142 cm³/mol. The van der Waals surface area contributed by atoms with Crippen LogP contribution in [0, 0.1) is 0 Å². The first-order chi connectivity index (χ1) is 18.5. The smallest absolute Gasteiger partial charge is 0.338 e. The summed E-state index contributed by atoms with van der Waals surface area (Å²) < 4.78 is 5.43. The standard InChI is InChI=1S/C29H32N4O6/c1-29(2,3)39-28(38)19-9-7-18(8-10-19)17-31-13-15-32(16-14-31)21-6-4-5-20-24(21)27(37)33(26(20)36)22-11-12-23(34)30-25(22)35/h4-10,22H,11-17H2,1-3H3,(H,30,34,35). The van der Waals surface area contributed by atoms with Crippen molar-refractivity contribution in [3.05, 3.63) is 64.7 Å². The van der Waals surface area contributed by atoms with Crippen molar-refractivity contribution in [3.63, 3.8) is 0 Å². The molecule has 3 aliphatic rings. The van der Waals surface area contributed by atoms with Gasteiger partial charge in [0.25, 0.3) is 11.8 Å². The van der Waals surface area contributed by atoms with Crippen molar-refractivity contribution in [2.45, 2.75) is 51.8 Å². The van der Waals surface area contributed by atoms with Gasteiger partial charge in [-0.3, -0.25) is 34.3 Å². The SMILES string of the molecule is CC(C)(C)OC(=O)c1ccc(CN2CCN(c3cccc4c3C(=O)N(C3CCC(=O)NC3=O)C4=O)CC2)cc1. The Hall–Kier alpha value is -4.05. The lowest BCUT2D eigenvalue weighted by molar-refractivity contribution is -0.136. The van der Waals surface area contributed by atoms with E-state index in [9.17, 15) is 24.0 Å². The fraction of sp³-hybridized carbons (Fsp3) is 0.414. The molecule has 3 aliphatic heterocycles. The number of carbonyl (C=O) groups excluding carboxylic acids is 5. The van der Waals surface area contributed by atoms with Crippen LogP contribution in [0.2, 0.25) is 0 Å². The summed E-state index contributed by atoms with van der Waals surface area (Å²) in [6.45, 7) is 9.04. The van der Waals surface area contributed by atoms with Crippen molar-refractivity contribution < 1.29 is 28.7 Å². The summed E-state index contributed by atoms with van der Waals surface area (Å²) in [5, 5.41) is 2.23. The lowest BCUT2D eigenvalue weighted by Crippen LogP contribution is -2.54. The molecule has 2 aromatic rings. The van der Waals surface area contributed by atoms with Gasteiger partial charge in [0, 0.05) is 39.1 Å². The number of piperidine rings is 1. The molecule has 3 heterocycles. The van der Waals surface area contributed by atoms with Crippen LogP contribution in [0.25, 0.3) is 0 Å². The van der Waals surface area contributed by atoms with Crippen LogP contribution in [-0.2, 0) is 20.9 Å². The van der Waals surface area contributed by atoms with Crippen molar-refractivity contribution in [1.82, 2.24) is 15.1 Å². The number of nitrogens with one attached hydrogen (secondary N) is 1. The zero-order chi connectivity index (χ0) is 27.9. The third kappa shape index (κ3) is 5.42. The number of nitrogens with zero attached hydrogens (tertiary/aromatic N) is 3. The molecule has 1 atom stereocenters. The summed E-state index contributed by atoms with van der Waals surface area (Å²) in [4.78, 5) is 68.2. The predicted octanol–water partition coefficient (Wildman–Crippen LogP) is 2.37. The zero-order valence-electron chi connectivity index (χ0n) is 22.4. The third-order valence-electron chi connectivity index (χ3n) is 7.15. The van der Waals surface area contributed by atoms with E-state index in [1.807, 2.05) is 39.0 Å². The van der Waals surface area contributed by atoms with E-state index in [1.54, 1.807) is 24.3 Å². The van der Waals surface area contributed by atoms with Gasteiger partial charge in [-0.25, -0.2) is 4.79 Å². The minimum atomic E-state index is -0.985. The number of fused-ring (bicyclic) bond motifs is 1. The fourth-order valence-electron chi connectivity index (χ4n) is 5.25. The summed E-state index contributed by atoms with van der Waals surface area (Å²) in [6.07, 6.45) is 0.214. The van der Waals surface area contributed by atoms with Crippen molar-refractivity contribution in [1.29, 1.82) is 0 Å². The van der Waals surface area contributed by atoms with E-state index in [4.69, 9.17) is 4.74 Å². The Kier molecular flexibility index (Phi) is 6.98. The van der Waals surface area contributed by atoms with Crippen LogP contribution in [0.3, 0.4) is 0 Å². The zero-order valence-corrected chi connectivity index (χ0v) is 22.4. The molecule has 0 spiro atoms. The van der Waals surface area contributed by atoms with Crippen LogP contribution in [0.5, 0.6) is 0 Å². The molecule has 10 nitrogen and oxygen atoms in total. The highest BCUT2D eigenvalue weighted by Gasteiger charge is 2.46. The first kappa shape index (κ1) is 26.6. The van der Waals surface area contributed by atoms with Gasteiger partial charge in [-0.1, -0.05) is 18.2 Å². The first-order valence-corrected chi connectivity index (χ1v) is 13.2. The molecule has 39 heavy (non-hydrogen) atoms. The number of hydrogen-bond acceptors (Lipinski definition) is 8. The van der Waals surface area contributed by atoms with Gasteiger partial charge in [-0.15, -0.1) is 0 Å². The fourth-order valence-corrected chi connectivity index (χ4v) is 5.25. The van der Waals surface area contributed by atoms with E-state index < -0.39 is 35.3 Å². The van der Waals surface area contributed by atoms with Crippen molar-refractivity contribution in [2.75, 3.05) is 31.1 Å². The Balaban J connectivity index is 1.23. The van der Waals surface area contributed by atoms with E-state index in [2.05, 4.69) is 15.1 Å². The molecule has 5 rings (SSSR count). The molecule has 204 valence electrons. The Morgan fingerprint density at radius 3 is 2.28 bits per heavy atom. The summed E-state index contributed by atoms with van der Waals surface area (Å²) in [5.41, 5.74) is 2.34. The molecule has 0 bridgehead atoms. The van der Waals surface area contributed by atoms with Crippen molar-refractivity contribution in [2.24, 2.45) is 0 Å². The monoisotopic (exact) mass is 532 g/mol. The molecule has 0 aliphatic carbocycles. The van der Waals surface area contributed by atoms with Crippen molar-refractivity contribution >= 4 is 35.3 Å². The minimum absolute atomic E-state index is 0.0857. The van der Waals surface area contributed by atoms with Gasteiger partial charge in [-0.05, 0) is 57.0 Å². The molecule has 1 N–H and O–H groups in total. The Morgan fingerprint density at radius 2 is 1.64 bits per heavy atom. The number of ether oxygens (including phenoxy) is 1. The van der Waals surface area contributed by atoms with Crippen LogP contribution >= 0.6 is 0 Å². The van der Waals surface area contributed by atoms with Gasteiger partial charge in [0.2, 0.25) is 11.8 Å². The molecule has 2 saturated heterocycles. The van der Waals surface area contributed by atoms with Crippen LogP contribution in [0.1, 0.15) is 70.3 Å². The van der Waals surface area contributed by atoms with Crippen LogP contribution in [0.15, 0.2) is 42.5 Å². The summed E-state index contributed by atoms with van der Waals surface area (Å²) in [5.74, 6) is -2.35. The first-order valence-electron chi connectivity index (χ1n) is 13.2. The molecule has 10 heteroatoms. The minimum Gasteiger partial charge on any atom is -0.456 e. The van der Waals surface area contributed by atoms with Gasteiger partial charge >= 0.3 is 5.97 Å². The Bertz CT molecular complexity index is 1340. The molecule has 2 aromatic carbocycles. The van der Waals surface area contributed by atoms with E-state index in [1.165, 1.54) is 0 Å². The molecule has 1 unspecified atom stereocenters. The lowest BCUT2D eigenvalue weighted by atomic mass is 10.0. The number of carbonyl (C=O) groups is 5. The van der Waals surface area contributed by atoms with Crippen LogP contribution in [-0.4, -0.2) is 77.2 Å². The number of imide groups is 2. The number of hydrogen-bond donors (Lipinski definition) is 1. The highest BCUT2D eigenvalue weighted by atomic mass is 16.6. The number of piperazine rings is 1. The third-order valence-corrected chi connectivity index (χ3v) is 7.15. The normalized spacial score (nSPS) is 20.2. The van der Waals surface area contributed by atoms with Gasteiger partial charge in [-0.2, -0.15) is 0 Å². The molecule has 0 saturated carbocycles. The maximum Gasteiger partial charge on any atom is 0.338 e. The van der Waals surface area contributed by atoms with E-state index >= 15 is 0 Å². The van der Waals surface area contributed by atoms with Crippen LogP contribution < -0.4 is 10.2 Å². The van der Waals surface area contributed by atoms with Gasteiger partial charge < -0.3 is 9.64 Å². The number of anilines is 1. The second kappa shape index (κ2) is 10.3. The highest BCUT2D eigenvalue weighted by Crippen LogP contribution is 2.34. The highest BCUT2D eigenvalue weighted by molar-refractivity contribution is 6.25. The number of esters is 1. The number of benzene rings is 2. The molecule has 0 aromatic heterocycles. The summed E-state index contributed by atoms with van der Waals surface area (Å²) in [7, 11) is 0. The molecule has 2 fully saturated rings. The summed E-state index contributed by atoms with van der Waals surface area (Å²) in [6, 6.07) is 11.7. The van der Waals surface area contributed by atoms with Crippen molar-refractivity contribution in [3.8, 4) is 0 Å². The average Bonchev–Trinajstić information content (AvgIpc) is 3.14. The largest absolute Gasteiger partial charge is 0.456 e. The van der Waals surface area contributed by atoms with E-state index in [-0.39, 0.29) is 24.4 Å². The number of rotatable bonds is 5.